The maximum atomic E-state index is 12.7. The zero-order valence-corrected chi connectivity index (χ0v) is 19.7. The maximum Gasteiger partial charge on any atom is 0.573 e. The highest BCUT2D eigenvalue weighted by atomic mass is 19.4. The normalized spacial score (nSPS) is 11.7. The molecule has 0 atom stereocenters. The van der Waals surface area contributed by atoms with Crippen LogP contribution in [0, 0.1) is 13.8 Å². The Bertz CT molecular complexity index is 1620. The van der Waals surface area contributed by atoms with E-state index in [-0.39, 0.29) is 17.9 Å². The molecule has 0 fully saturated rings. The summed E-state index contributed by atoms with van der Waals surface area (Å²) in [6.07, 6.45) is -1.30. The van der Waals surface area contributed by atoms with E-state index >= 15 is 0 Å². The van der Waals surface area contributed by atoms with Gasteiger partial charge in [-0.3, -0.25) is 0 Å². The summed E-state index contributed by atoms with van der Waals surface area (Å²) in [6.45, 7) is 3.84. The Morgan fingerprint density at radius 1 is 1.08 bits per heavy atom. The van der Waals surface area contributed by atoms with Gasteiger partial charge in [-0.2, -0.15) is 0 Å². The molecule has 5 aromatic rings. The molecule has 0 saturated carbocycles. The number of hydrogen-bond donors (Lipinski definition) is 1. The number of ether oxygens (including phenoxy) is 1. The maximum absolute atomic E-state index is 12.7. The number of aryl methyl sites for hydroxylation is 2. The van der Waals surface area contributed by atoms with Gasteiger partial charge in [0, 0.05) is 41.0 Å². The van der Waals surface area contributed by atoms with Crippen LogP contribution >= 0.6 is 0 Å². The van der Waals surface area contributed by atoms with E-state index in [0.717, 1.165) is 22.1 Å². The lowest BCUT2D eigenvalue weighted by molar-refractivity contribution is -0.274. The number of carboxylic acid groups (broad SMARTS) is 1. The van der Waals surface area contributed by atoms with E-state index in [1.54, 1.807) is 37.4 Å². The highest BCUT2D eigenvalue weighted by Crippen LogP contribution is 2.35. The van der Waals surface area contributed by atoms with Gasteiger partial charge in [0.1, 0.15) is 17.2 Å². The molecule has 7 nitrogen and oxygen atoms in total. The second kappa shape index (κ2) is 9.12. The number of rotatable bonds is 6. The number of aromatic carboxylic acids is 1. The van der Waals surface area contributed by atoms with Gasteiger partial charge in [-0.05, 0) is 55.3 Å². The van der Waals surface area contributed by atoms with Crippen LogP contribution in [-0.2, 0) is 6.54 Å². The minimum atomic E-state index is -4.79. The number of pyridine rings is 1. The molecule has 3 aromatic heterocycles. The highest BCUT2D eigenvalue weighted by molar-refractivity contribution is 5.98. The van der Waals surface area contributed by atoms with Gasteiger partial charge in [-0.1, -0.05) is 29.4 Å². The summed E-state index contributed by atoms with van der Waals surface area (Å²) < 4.78 is 49.3. The highest BCUT2D eigenvalue weighted by Gasteiger charge is 2.31. The van der Waals surface area contributed by atoms with Crippen molar-refractivity contribution in [2.45, 2.75) is 26.8 Å². The summed E-state index contributed by atoms with van der Waals surface area (Å²) in [5.41, 5.74) is 4.95. The lowest BCUT2D eigenvalue weighted by Crippen LogP contribution is -2.17. The fraction of sp³-hybridized carbons (Fsp3) is 0.148. The van der Waals surface area contributed by atoms with Crippen LogP contribution in [-0.4, -0.2) is 32.1 Å². The van der Waals surface area contributed by atoms with Crippen LogP contribution in [0.1, 0.15) is 27.4 Å². The van der Waals surface area contributed by atoms with Crippen molar-refractivity contribution in [3.05, 3.63) is 89.6 Å². The number of carboxylic acids is 1. The van der Waals surface area contributed by atoms with Crippen LogP contribution in [0.25, 0.3) is 33.3 Å². The van der Waals surface area contributed by atoms with Crippen LogP contribution in [0.15, 0.2) is 71.5 Å². The first-order valence-electron chi connectivity index (χ1n) is 11.2. The predicted molar refractivity (Wildman–Crippen MR) is 129 cm³/mol. The fourth-order valence-electron chi connectivity index (χ4n) is 4.41. The Morgan fingerprint density at radius 2 is 1.86 bits per heavy atom. The molecule has 188 valence electrons. The average Bonchev–Trinajstić information content (AvgIpc) is 3.37. The van der Waals surface area contributed by atoms with E-state index in [2.05, 4.69) is 14.9 Å². The summed E-state index contributed by atoms with van der Waals surface area (Å²) in [4.78, 5) is 16.3. The summed E-state index contributed by atoms with van der Waals surface area (Å²) in [5, 5.41) is 14.2. The van der Waals surface area contributed by atoms with Crippen molar-refractivity contribution >= 4 is 17.0 Å². The van der Waals surface area contributed by atoms with Gasteiger partial charge in [0.05, 0.1) is 11.3 Å². The first-order valence-corrected chi connectivity index (χ1v) is 11.2. The molecule has 1 N–H and O–H groups in total. The summed E-state index contributed by atoms with van der Waals surface area (Å²) in [7, 11) is 0. The van der Waals surface area contributed by atoms with Gasteiger partial charge in [0.2, 0.25) is 0 Å². The number of alkyl halides is 3. The van der Waals surface area contributed by atoms with Crippen molar-refractivity contribution in [1.82, 2.24) is 14.7 Å². The van der Waals surface area contributed by atoms with Crippen molar-refractivity contribution in [2.24, 2.45) is 0 Å². The Morgan fingerprint density at radius 3 is 2.57 bits per heavy atom. The minimum Gasteiger partial charge on any atom is -0.478 e. The molecule has 37 heavy (non-hydrogen) atoms. The fourth-order valence-corrected chi connectivity index (χ4v) is 4.41. The van der Waals surface area contributed by atoms with Crippen LogP contribution in [0.5, 0.6) is 5.75 Å². The van der Waals surface area contributed by atoms with Gasteiger partial charge < -0.3 is 18.9 Å². The number of aromatic nitrogens is 3. The van der Waals surface area contributed by atoms with Gasteiger partial charge in [-0.25, -0.2) is 9.78 Å². The number of carbonyl (C=O) groups is 1. The smallest absolute Gasteiger partial charge is 0.478 e. The van der Waals surface area contributed by atoms with Gasteiger partial charge in [0.25, 0.3) is 0 Å². The van der Waals surface area contributed by atoms with Crippen molar-refractivity contribution in [3.63, 3.8) is 0 Å². The Balaban J connectivity index is 1.65. The van der Waals surface area contributed by atoms with E-state index in [1.807, 2.05) is 23.8 Å². The molecule has 0 radical (unpaired) electrons. The third-order valence-corrected chi connectivity index (χ3v) is 5.94. The van der Waals surface area contributed by atoms with Gasteiger partial charge >= 0.3 is 12.3 Å². The minimum absolute atomic E-state index is 0.130. The standard InChI is InChI=1S/C27H20F3N3O4/c1-15-24(16(2)37-32-15)20-11-22-23(18-6-4-7-19(10-18)26(34)35)14-33(25(22)31-12-20)13-17-5-3-8-21(9-17)36-27(28,29)30/h3-12,14H,13H2,1-2H3,(H,34,35). The molecule has 0 bridgehead atoms. The van der Waals surface area contributed by atoms with E-state index in [0.29, 0.717) is 28.2 Å². The zero-order valence-electron chi connectivity index (χ0n) is 19.7. The molecule has 0 amide bonds. The van der Waals surface area contributed by atoms with E-state index in [1.165, 1.54) is 24.3 Å². The first kappa shape index (κ1) is 24.1. The molecule has 2 aromatic carbocycles. The third-order valence-electron chi connectivity index (χ3n) is 5.94. The predicted octanol–water partition coefficient (Wildman–Crippen LogP) is 6.62. The molecule has 0 aliphatic rings. The zero-order chi connectivity index (χ0) is 26.3. The van der Waals surface area contributed by atoms with Crippen molar-refractivity contribution < 1.29 is 32.3 Å². The average molecular weight is 507 g/mol. The van der Waals surface area contributed by atoms with Crippen LogP contribution in [0.3, 0.4) is 0 Å². The molecular weight excluding hydrogens is 487 g/mol. The topological polar surface area (TPSA) is 90.4 Å². The van der Waals surface area contributed by atoms with E-state index in [9.17, 15) is 23.1 Å². The van der Waals surface area contributed by atoms with Crippen LogP contribution in [0.2, 0.25) is 0 Å². The molecule has 0 saturated heterocycles. The lowest BCUT2D eigenvalue weighted by Gasteiger charge is -2.11. The quantitative estimate of drug-likeness (QED) is 0.278. The molecule has 0 aliphatic carbocycles. The van der Waals surface area contributed by atoms with Crippen LogP contribution < -0.4 is 4.74 Å². The Kier molecular flexibility index (Phi) is 5.94. The SMILES string of the molecule is Cc1noc(C)c1-c1cnc2c(c1)c(-c1cccc(C(=O)O)c1)cn2Cc1cccc(OC(F)(F)F)c1. The molecular formula is C27H20F3N3O4. The molecule has 10 heteroatoms. The number of nitrogens with zero attached hydrogens (tertiary/aromatic N) is 3. The number of benzene rings is 2. The molecule has 0 aliphatic heterocycles. The lowest BCUT2D eigenvalue weighted by atomic mass is 10.0. The molecule has 0 unspecified atom stereocenters. The molecule has 5 rings (SSSR count). The monoisotopic (exact) mass is 507 g/mol. The van der Waals surface area contributed by atoms with Crippen molar-refractivity contribution in [3.8, 4) is 28.0 Å². The molecule has 0 spiro atoms. The third kappa shape index (κ3) is 4.90. The summed E-state index contributed by atoms with van der Waals surface area (Å²) >= 11 is 0. The van der Waals surface area contributed by atoms with Crippen molar-refractivity contribution in [1.29, 1.82) is 0 Å². The number of fused-ring (bicyclic) bond motifs is 1. The summed E-state index contributed by atoms with van der Waals surface area (Å²) in [6, 6.07) is 14.2. The van der Waals surface area contributed by atoms with Crippen molar-refractivity contribution in [2.75, 3.05) is 0 Å². The Hall–Kier alpha value is -4.60. The number of hydrogen-bond acceptors (Lipinski definition) is 5. The first-order chi connectivity index (χ1) is 17.6. The van der Waals surface area contributed by atoms with Gasteiger partial charge in [-0.15, -0.1) is 13.2 Å². The number of halogens is 3. The van der Waals surface area contributed by atoms with Crippen LogP contribution in [0.4, 0.5) is 13.2 Å². The molecule has 3 heterocycles. The largest absolute Gasteiger partial charge is 0.573 e. The van der Waals surface area contributed by atoms with Gasteiger partial charge in [0.15, 0.2) is 0 Å². The Labute approximate surface area is 208 Å². The van der Waals surface area contributed by atoms with E-state index < -0.39 is 12.3 Å². The second-order valence-corrected chi connectivity index (χ2v) is 8.55. The van der Waals surface area contributed by atoms with E-state index in [4.69, 9.17) is 4.52 Å². The summed E-state index contributed by atoms with van der Waals surface area (Å²) in [5.74, 6) is -0.736. The second-order valence-electron chi connectivity index (χ2n) is 8.55.